The predicted molar refractivity (Wildman–Crippen MR) is 75.9 cm³/mol. The molecule has 1 aliphatic heterocycles. The van der Waals surface area contributed by atoms with Crippen molar-refractivity contribution < 1.29 is 4.79 Å². The molecule has 100 valence electrons. The Bertz CT molecular complexity index is 414. The molecular weight excluding hydrogens is 244 g/mol. The Morgan fingerprint density at radius 3 is 2.94 bits per heavy atom. The number of nitrogens with zero attached hydrogens (tertiary/aromatic N) is 1. The van der Waals surface area contributed by atoms with Gasteiger partial charge in [-0.15, -0.1) is 11.3 Å². The van der Waals surface area contributed by atoms with Gasteiger partial charge in [0.2, 0.25) is 5.91 Å². The number of piperidine rings is 1. The van der Waals surface area contributed by atoms with E-state index in [1.54, 1.807) is 11.3 Å². The molecule has 1 N–H and O–H groups in total. The molecule has 2 heterocycles. The summed E-state index contributed by atoms with van der Waals surface area (Å²) < 4.78 is 0. The highest BCUT2D eigenvalue weighted by Crippen LogP contribution is 2.29. The van der Waals surface area contributed by atoms with Crippen LogP contribution in [0, 0.1) is 6.92 Å². The molecule has 0 bridgehead atoms. The number of rotatable bonds is 4. The Kier molecular flexibility index (Phi) is 4.40. The standard InChI is InChI=1S/C14H22N2OS/c1-4-15-12-6-5-9-16(14(12)17)11(3)13-8-7-10(2)18-13/h7-8,11-12,15H,4-6,9H2,1-3H3. The van der Waals surface area contributed by atoms with Crippen LogP contribution in [-0.2, 0) is 4.79 Å². The monoisotopic (exact) mass is 266 g/mol. The van der Waals surface area contributed by atoms with Gasteiger partial charge in [-0.2, -0.15) is 0 Å². The Morgan fingerprint density at radius 2 is 2.33 bits per heavy atom. The fourth-order valence-corrected chi connectivity index (χ4v) is 3.49. The van der Waals surface area contributed by atoms with Crippen LogP contribution in [0.4, 0.5) is 0 Å². The second-order valence-corrected chi connectivity index (χ2v) is 6.23. The lowest BCUT2D eigenvalue weighted by Gasteiger charge is -2.36. The Morgan fingerprint density at radius 1 is 1.56 bits per heavy atom. The molecule has 1 saturated heterocycles. The Balaban J connectivity index is 2.09. The number of aryl methyl sites for hydroxylation is 1. The molecule has 1 aromatic heterocycles. The smallest absolute Gasteiger partial charge is 0.240 e. The minimum atomic E-state index is 0.0206. The van der Waals surface area contributed by atoms with E-state index in [1.165, 1.54) is 9.75 Å². The molecule has 2 unspecified atom stereocenters. The normalized spacial score (nSPS) is 22.3. The predicted octanol–water partition coefficient (Wildman–Crippen LogP) is 2.72. The minimum Gasteiger partial charge on any atom is -0.334 e. The number of nitrogens with one attached hydrogen (secondary N) is 1. The van der Waals surface area contributed by atoms with Gasteiger partial charge in [-0.1, -0.05) is 6.92 Å². The van der Waals surface area contributed by atoms with Crippen molar-refractivity contribution in [1.29, 1.82) is 0 Å². The maximum absolute atomic E-state index is 12.4. The molecule has 2 rings (SSSR count). The van der Waals surface area contributed by atoms with E-state index in [2.05, 4.69) is 38.2 Å². The van der Waals surface area contributed by atoms with Crippen molar-refractivity contribution in [1.82, 2.24) is 10.2 Å². The van der Waals surface area contributed by atoms with Gasteiger partial charge in [-0.05, 0) is 45.4 Å². The summed E-state index contributed by atoms with van der Waals surface area (Å²) in [6.07, 6.45) is 2.07. The van der Waals surface area contributed by atoms with E-state index in [9.17, 15) is 4.79 Å². The maximum Gasteiger partial charge on any atom is 0.240 e. The Labute approximate surface area is 113 Å². The second kappa shape index (κ2) is 5.85. The van der Waals surface area contributed by atoms with Crippen LogP contribution in [0.5, 0.6) is 0 Å². The van der Waals surface area contributed by atoms with Crippen LogP contribution in [0.1, 0.15) is 42.5 Å². The highest BCUT2D eigenvalue weighted by atomic mass is 32.1. The van der Waals surface area contributed by atoms with Gasteiger partial charge in [-0.3, -0.25) is 4.79 Å². The van der Waals surface area contributed by atoms with E-state index >= 15 is 0 Å². The van der Waals surface area contributed by atoms with Crippen LogP contribution in [0.15, 0.2) is 12.1 Å². The molecule has 0 radical (unpaired) electrons. The minimum absolute atomic E-state index is 0.0206. The van der Waals surface area contributed by atoms with Crippen molar-refractivity contribution in [2.75, 3.05) is 13.1 Å². The summed E-state index contributed by atoms with van der Waals surface area (Å²) in [5.41, 5.74) is 0. The van der Waals surface area contributed by atoms with Crippen molar-refractivity contribution in [3.8, 4) is 0 Å². The van der Waals surface area contributed by atoms with E-state index in [4.69, 9.17) is 0 Å². The van der Waals surface area contributed by atoms with E-state index < -0.39 is 0 Å². The van der Waals surface area contributed by atoms with Gasteiger partial charge in [0, 0.05) is 16.3 Å². The number of hydrogen-bond acceptors (Lipinski definition) is 3. The summed E-state index contributed by atoms with van der Waals surface area (Å²) in [6, 6.07) is 4.51. The first-order valence-electron chi connectivity index (χ1n) is 6.73. The van der Waals surface area contributed by atoms with Gasteiger partial charge in [0.1, 0.15) is 0 Å². The number of likely N-dealkylation sites (tertiary alicyclic amines) is 1. The molecule has 0 aromatic carbocycles. The van der Waals surface area contributed by atoms with Crippen molar-refractivity contribution in [2.45, 2.75) is 45.7 Å². The highest BCUT2D eigenvalue weighted by molar-refractivity contribution is 7.12. The molecule has 18 heavy (non-hydrogen) atoms. The third-order valence-electron chi connectivity index (χ3n) is 3.56. The van der Waals surface area contributed by atoms with Crippen molar-refractivity contribution >= 4 is 17.2 Å². The number of carbonyl (C=O) groups excluding carboxylic acids is 1. The van der Waals surface area contributed by atoms with Crippen molar-refractivity contribution in [3.05, 3.63) is 21.9 Å². The highest BCUT2D eigenvalue weighted by Gasteiger charge is 2.31. The number of hydrogen-bond donors (Lipinski definition) is 1. The van der Waals surface area contributed by atoms with Gasteiger partial charge in [0.25, 0.3) is 0 Å². The number of carbonyl (C=O) groups is 1. The topological polar surface area (TPSA) is 32.3 Å². The van der Waals surface area contributed by atoms with Crippen LogP contribution in [-0.4, -0.2) is 29.9 Å². The van der Waals surface area contributed by atoms with Gasteiger partial charge < -0.3 is 10.2 Å². The zero-order valence-electron chi connectivity index (χ0n) is 11.4. The molecule has 1 aromatic rings. The quantitative estimate of drug-likeness (QED) is 0.909. The molecule has 0 saturated carbocycles. The fraction of sp³-hybridized carbons (Fsp3) is 0.643. The lowest BCUT2D eigenvalue weighted by molar-refractivity contribution is -0.138. The summed E-state index contributed by atoms with van der Waals surface area (Å²) in [5, 5.41) is 3.29. The van der Waals surface area contributed by atoms with E-state index in [-0.39, 0.29) is 18.0 Å². The molecule has 1 amide bonds. The molecule has 0 spiro atoms. The number of thiophene rings is 1. The first kappa shape index (κ1) is 13.6. The number of amides is 1. The first-order valence-corrected chi connectivity index (χ1v) is 7.55. The van der Waals surface area contributed by atoms with Gasteiger partial charge in [0.15, 0.2) is 0 Å². The van der Waals surface area contributed by atoms with Crippen molar-refractivity contribution in [2.24, 2.45) is 0 Å². The summed E-state index contributed by atoms with van der Waals surface area (Å²) in [7, 11) is 0. The fourth-order valence-electron chi connectivity index (χ4n) is 2.55. The van der Waals surface area contributed by atoms with Gasteiger partial charge in [-0.25, -0.2) is 0 Å². The molecular formula is C14H22N2OS. The van der Waals surface area contributed by atoms with Crippen LogP contribution < -0.4 is 5.32 Å². The zero-order chi connectivity index (χ0) is 13.1. The summed E-state index contributed by atoms with van der Waals surface area (Å²) in [4.78, 5) is 17.0. The largest absolute Gasteiger partial charge is 0.334 e. The average Bonchev–Trinajstić information content (AvgIpc) is 2.78. The van der Waals surface area contributed by atoms with E-state index in [0.717, 1.165) is 25.9 Å². The third kappa shape index (κ3) is 2.75. The lowest BCUT2D eigenvalue weighted by atomic mass is 10.0. The van der Waals surface area contributed by atoms with Crippen LogP contribution >= 0.6 is 11.3 Å². The third-order valence-corrected chi connectivity index (χ3v) is 4.73. The SMILES string of the molecule is CCNC1CCCN(C(C)c2ccc(C)s2)C1=O. The average molecular weight is 266 g/mol. The summed E-state index contributed by atoms with van der Waals surface area (Å²) >= 11 is 1.79. The molecule has 3 nitrogen and oxygen atoms in total. The van der Waals surface area contributed by atoms with Crippen LogP contribution in [0.25, 0.3) is 0 Å². The maximum atomic E-state index is 12.4. The van der Waals surface area contributed by atoms with Crippen molar-refractivity contribution in [3.63, 3.8) is 0 Å². The van der Waals surface area contributed by atoms with Gasteiger partial charge in [0.05, 0.1) is 12.1 Å². The molecule has 0 aliphatic carbocycles. The van der Waals surface area contributed by atoms with Crippen LogP contribution in [0.2, 0.25) is 0 Å². The lowest BCUT2D eigenvalue weighted by Crippen LogP contribution is -2.51. The molecule has 2 atom stereocenters. The zero-order valence-corrected chi connectivity index (χ0v) is 12.2. The first-order chi connectivity index (χ1) is 8.63. The molecule has 1 fully saturated rings. The van der Waals surface area contributed by atoms with E-state index in [1.807, 2.05) is 4.90 Å². The molecule has 4 heteroatoms. The second-order valence-electron chi connectivity index (χ2n) is 4.91. The summed E-state index contributed by atoms with van der Waals surface area (Å²) in [5.74, 6) is 0.265. The van der Waals surface area contributed by atoms with E-state index in [0.29, 0.717) is 0 Å². The summed E-state index contributed by atoms with van der Waals surface area (Å²) in [6.45, 7) is 8.05. The van der Waals surface area contributed by atoms with Gasteiger partial charge >= 0.3 is 0 Å². The van der Waals surface area contributed by atoms with Crippen LogP contribution in [0.3, 0.4) is 0 Å². The molecule has 1 aliphatic rings. The number of likely N-dealkylation sites (N-methyl/N-ethyl adjacent to an activating group) is 1. The Hall–Kier alpha value is -0.870.